The van der Waals surface area contributed by atoms with Crippen LogP contribution in [-0.2, 0) is 4.74 Å². The van der Waals surface area contributed by atoms with Gasteiger partial charge in [0.15, 0.2) is 5.82 Å². The van der Waals surface area contributed by atoms with Crippen LogP contribution >= 0.6 is 0 Å². The zero-order valence-electron chi connectivity index (χ0n) is 14.9. The van der Waals surface area contributed by atoms with Crippen molar-refractivity contribution in [1.82, 2.24) is 20.2 Å². The van der Waals surface area contributed by atoms with Gasteiger partial charge in [0.2, 0.25) is 5.95 Å². The molecular formula is C18H26N6O. The van der Waals surface area contributed by atoms with Crippen molar-refractivity contribution in [3.05, 3.63) is 24.0 Å². The second-order valence-electron chi connectivity index (χ2n) is 7.14. The van der Waals surface area contributed by atoms with Gasteiger partial charge in [0.05, 0.1) is 6.10 Å². The molecule has 25 heavy (non-hydrogen) atoms. The van der Waals surface area contributed by atoms with E-state index in [4.69, 9.17) is 9.72 Å². The Morgan fingerprint density at radius 1 is 1.32 bits per heavy atom. The van der Waals surface area contributed by atoms with E-state index in [-0.39, 0.29) is 6.10 Å². The van der Waals surface area contributed by atoms with Gasteiger partial charge in [0, 0.05) is 50.0 Å². The molecule has 0 aromatic carbocycles. The van der Waals surface area contributed by atoms with Crippen molar-refractivity contribution < 1.29 is 4.74 Å². The van der Waals surface area contributed by atoms with Crippen molar-refractivity contribution in [3.63, 3.8) is 0 Å². The van der Waals surface area contributed by atoms with Gasteiger partial charge in [-0.15, -0.1) is 0 Å². The summed E-state index contributed by atoms with van der Waals surface area (Å²) in [5.74, 6) is 3.55. The van der Waals surface area contributed by atoms with Gasteiger partial charge in [-0.3, -0.25) is 5.10 Å². The van der Waals surface area contributed by atoms with E-state index in [2.05, 4.69) is 38.4 Å². The second kappa shape index (κ2) is 7.00. The maximum Gasteiger partial charge on any atom is 0.227 e. The van der Waals surface area contributed by atoms with Gasteiger partial charge < -0.3 is 15.0 Å². The number of ether oxygens (including phenoxy) is 1. The molecule has 1 saturated carbocycles. The topological polar surface area (TPSA) is 79.0 Å². The highest BCUT2D eigenvalue weighted by molar-refractivity contribution is 5.53. The fraction of sp³-hybridized carbons (Fsp3) is 0.611. The lowest BCUT2D eigenvalue weighted by atomic mass is 9.93. The van der Waals surface area contributed by atoms with Gasteiger partial charge >= 0.3 is 0 Å². The fourth-order valence-corrected chi connectivity index (χ4v) is 3.47. The van der Waals surface area contributed by atoms with E-state index in [1.54, 1.807) is 7.11 Å². The predicted octanol–water partition coefficient (Wildman–Crippen LogP) is 3.07. The molecule has 1 aliphatic heterocycles. The first kappa shape index (κ1) is 16.3. The van der Waals surface area contributed by atoms with Crippen LogP contribution in [0.5, 0.6) is 0 Å². The van der Waals surface area contributed by atoms with Gasteiger partial charge in [0.25, 0.3) is 0 Å². The summed E-state index contributed by atoms with van der Waals surface area (Å²) in [6.07, 6.45) is 6.92. The van der Waals surface area contributed by atoms with Crippen molar-refractivity contribution in [2.45, 2.75) is 44.6 Å². The van der Waals surface area contributed by atoms with Crippen LogP contribution in [0.4, 0.5) is 17.6 Å². The quantitative estimate of drug-likeness (QED) is 0.840. The minimum absolute atomic E-state index is 0.258. The lowest BCUT2D eigenvalue weighted by Gasteiger charge is -2.35. The highest BCUT2D eigenvalue weighted by Crippen LogP contribution is 2.39. The van der Waals surface area contributed by atoms with Gasteiger partial charge in [-0.1, -0.05) is 0 Å². The smallest absolute Gasteiger partial charge is 0.227 e. The van der Waals surface area contributed by atoms with Gasteiger partial charge in [-0.05, 0) is 38.7 Å². The highest BCUT2D eigenvalue weighted by Gasteiger charge is 2.27. The first-order valence-corrected chi connectivity index (χ1v) is 9.16. The zero-order valence-corrected chi connectivity index (χ0v) is 14.9. The number of H-pyrrole nitrogens is 1. The average Bonchev–Trinajstić information content (AvgIpc) is 3.41. The Kier molecular flexibility index (Phi) is 4.57. The SMILES string of the molecule is COC(C)C1CCCN(c2nccc(Nc3cc(C4CC4)[nH]n3)n2)C1. The zero-order chi connectivity index (χ0) is 17.2. The molecule has 2 N–H and O–H groups in total. The average molecular weight is 342 g/mol. The van der Waals surface area contributed by atoms with Crippen molar-refractivity contribution >= 4 is 17.6 Å². The van der Waals surface area contributed by atoms with E-state index in [0.29, 0.717) is 11.8 Å². The van der Waals surface area contributed by atoms with Crippen LogP contribution in [0.3, 0.4) is 0 Å². The first-order chi connectivity index (χ1) is 12.2. The third-order valence-electron chi connectivity index (χ3n) is 5.29. The number of aromatic amines is 1. The van der Waals surface area contributed by atoms with Crippen LogP contribution < -0.4 is 10.2 Å². The number of piperidine rings is 1. The molecule has 3 heterocycles. The Bertz CT molecular complexity index is 713. The number of aromatic nitrogens is 4. The Morgan fingerprint density at radius 2 is 2.20 bits per heavy atom. The summed E-state index contributed by atoms with van der Waals surface area (Å²) in [7, 11) is 1.78. The van der Waals surface area contributed by atoms with E-state index in [1.807, 2.05) is 12.3 Å². The number of nitrogens with zero attached hydrogens (tertiary/aromatic N) is 4. The maximum absolute atomic E-state index is 5.51. The lowest BCUT2D eigenvalue weighted by Crippen LogP contribution is -2.40. The fourth-order valence-electron chi connectivity index (χ4n) is 3.47. The molecule has 2 aromatic heterocycles. The van der Waals surface area contributed by atoms with Crippen molar-refractivity contribution in [2.24, 2.45) is 5.92 Å². The minimum Gasteiger partial charge on any atom is -0.381 e. The summed E-state index contributed by atoms with van der Waals surface area (Å²) in [6, 6.07) is 3.96. The monoisotopic (exact) mass is 342 g/mol. The normalized spacial score (nSPS) is 22.0. The number of nitrogens with one attached hydrogen (secondary N) is 2. The minimum atomic E-state index is 0.258. The van der Waals surface area contributed by atoms with Gasteiger partial charge in [-0.2, -0.15) is 10.1 Å². The van der Waals surface area contributed by atoms with Crippen LogP contribution in [-0.4, -0.2) is 46.5 Å². The Balaban J connectivity index is 1.44. The molecule has 7 heteroatoms. The van der Waals surface area contributed by atoms with Crippen LogP contribution in [0.2, 0.25) is 0 Å². The number of hydrogen-bond acceptors (Lipinski definition) is 6. The molecule has 1 saturated heterocycles. The number of methoxy groups -OCH3 is 1. The Hall–Kier alpha value is -2.15. The summed E-state index contributed by atoms with van der Waals surface area (Å²) in [5.41, 5.74) is 1.21. The summed E-state index contributed by atoms with van der Waals surface area (Å²) in [5, 5.41) is 10.7. The van der Waals surface area contributed by atoms with E-state index in [9.17, 15) is 0 Å². The van der Waals surface area contributed by atoms with E-state index in [0.717, 1.165) is 37.1 Å². The molecule has 7 nitrogen and oxygen atoms in total. The summed E-state index contributed by atoms with van der Waals surface area (Å²) < 4.78 is 5.51. The van der Waals surface area contributed by atoms with Crippen LogP contribution in [0, 0.1) is 5.92 Å². The van der Waals surface area contributed by atoms with Crippen molar-refractivity contribution in [3.8, 4) is 0 Å². The molecule has 0 spiro atoms. The third-order valence-corrected chi connectivity index (χ3v) is 5.29. The molecule has 2 fully saturated rings. The molecule has 134 valence electrons. The summed E-state index contributed by atoms with van der Waals surface area (Å²) >= 11 is 0. The number of anilines is 3. The highest BCUT2D eigenvalue weighted by atomic mass is 16.5. The molecule has 4 rings (SSSR count). The van der Waals surface area contributed by atoms with Crippen molar-refractivity contribution in [2.75, 3.05) is 30.4 Å². The van der Waals surface area contributed by atoms with Crippen LogP contribution in [0.15, 0.2) is 18.3 Å². The van der Waals surface area contributed by atoms with E-state index in [1.165, 1.54) is 25.0 Å². The second-order valence-corrected chi connectivity index (χ2v) is 7.14. The number of rotatable bonds is 6. The standard InChI is InChI=1S/C18H26N6O/c1-12(25-2)14-4-3-9-24(11-14)18-19-8-7-16(21-18)20-17-10-15(22-23-17)13-5-6-13/h7-8,10,12-14H,3-6,9,11H2,1-2H3,(H2,19,20,21,22,23). The molecule has 2 aliphatic rings. The first-order valence-electron chi connectivity index (χ1n) is 9.16. The summed E-state index contributed by atoms with van der Waals surface area (Å²) in [6.45, 7) is 4.07. The van der Waals surface area contributed by atoms with Gasteiger partial charge in [-0.25, -0.2) is 4.98 Å². The maximum atomic E-state index is 5.51. The molecule has 1 aliphatic carbocycles. The third kappa shape index (κ3) is 3.76. The predicted molar refractivity (Wildman–Crippen MR) is 97.3 cm³/mol. The largest absolute Gasteiger partial charge is 0.381 e. The van der Waals surface area contributed by atoms with Crippen molar-refractivity contribution in [1.29, 1.82) is 0 Å². The summed E-state index contributed by atoms with van der Waals surface area (Å²) in [4.78, 5) is 11.4. The molecule has 2 aromatic rings. The molecule has 0 bridgehead atoms. The molecule has 0 amide bonds. The Labute approximate surface area is 148 Å². The molecule has 2 unspecified atom stereocenters. The molecular weight excluding hydrogens is 316 g/mol. The lowest BCUT2D eigenvalue weighted by molar-refractivity contribution is 0.0602. The molecule has 2 atom stereocenters. The van der Waals surface area contributed by atoms with Crippen LogP contribution in [0.25, 0.3) is 0 Å². The molecule has 0 radical (unpaired) electrons. The van der Waals surface area contributed by atoms with E-state index >= 15 is 0 Å². The van der Waals surface area contributed by atoms with E-state index < -0.39 is 0 Å². The van der Waals surface area contributed by atoms with Crippen LogP contribution in [0.1, 0.15) is 44.2 Å². The Morgan fingerprint density at radius 3 is 3.00 bits per heavy atom. The van der Waals surface area contributed by atoms with Gasteiger partial charge in [0.1, 0.15) is 5.82 Å². The number of hydrogen-bond donors (Lipinski definition) is 2.